The van der Waals surface area contributed by atoms with Crippen molar-refractivity contribution in [3.05, 3.63) is 0 Å². The van der Waals surface area contributed by atoms with Crippen LogP contribution in [0.4, 0.5) is 0 Å². The van der Waals surface area contributed by atoms with Crippen LogP contribution < -0.4 is 11.5 Å². The lowest BCUT2D eigenvalue weighted by Gasteiger charge is -2.49. The topological polar surface area (TPSA) is 86.2 Å². The predicted octanol–water partition coefficient (Wildman–Crippen LogP) is 4.11. The number of hydrogen-bond donors (Lipinski definition) is 2. The molecule has 4 nitrogen and oxygen atoms in total. The van der Waals surface area contributed by atoms with E-state index in [4.69, 9.17) is 11.5 Å². The van der Waals surface area contributed by atoms with Crippen LogP contribution in [0.15, 0.2) is 0 Å². The third-order valence-corrected chi connectivity index (χ3v) is 5.88. The van der Waals surface area contributed by atoms with Crippen LogP contribution in [0.1, 0.15) is 82.1 Å². The monoisotopic (exact) mass is 340 g/mol. The number of nitrogens with two attached hydrogens (primary N) is 2. The van der Waals surface area contributed by atoms with Gasteiger partial charge in [-0.15, -0.1) is 0 Å². The molecule has 2 amide bonds. The molecule has 0 saturated heterocycles. The second-order valence-corrected chi connectivity index (χ2v) is 10.9. The minimum absolute atomic E-state index is 0.000161. The molecule has 0 spiro atoms. The van der Waals surface area contributed by atoms with E-state index in [9.17, 15) is 9.59 Å². The van der Waals surface area contributed by atoms with Gasteiger partial charge in [-0.3, -0.25) is 9.59 Å². The first-order valence-corrected chi connectivity index (χ1v) is 8.91. The van der Waals surface area contributed by atoms with E-state index in [1.165, 1.54) is 0 Å². The Morgan fingerprint density at radius 3 is 1.33 bits per heavy atom. The molecule has 0 aromatic heterocycles. The highest BCUT2D eigenvalue weighted by atomic mass is 16.1. The zero-order chi connectivity index (χ0) is 19.7. The number of hydrogen-bond acceptors (Lipinski definition) is 2. The van der Waals surface area contributed by atoms with Crippen LogP contribution in [0.25, 0.3) is 0 Å². The van der Waals surface area contributed by atoms with E-state index in [2.05, 4.69) is 48.5 Å². The van der Waals surface area contributed by atoms with Gasteiger partial charge in [0.25, 0.3) is 0 Å². The van der Waals surface area contributed by atoms with Gasteiger partial charge in [-0.2, -0.15) is 0 Å². The first-order chi connectivity index (χ1) is 10.3. The van der Waals surface area contributed by atoms with Gasteiger partial charge in [-0.25, -0.2) is 0 Å². The summed E-state index contributed by atoms with van der Waals surface area (Å²) in [5.74, 6) is -1.07. The van der Waals surface area contributed by atoms with Crippen molar-refractivity contribution >= 4 is 11.8 Å². The number of primary amides is 2. The molecule has 0 fully saturated rings. The number of carbonyl (C=O) groups is 2. The zero-order valence-corrected chi connectivity index (χ0v) is 17.5. The predicted molar refractivity (Wildman–Crippen MR) is 101 cm³/mol. The quantitative estimate of drug-likeness (QED) is 0.730. The largest absolute Gasteiger partial charge is 0.369 e. The summed E-state index contributed by atoms with van der Waals surface area (Å²) in [7, 11) is 0. The minimum atomic E-state index is -0.356. The standard InChI is InChI=1S/C20H40N2O2/c1-17(2,3)11-14(16(22)24)20(9,10)19(7,8)12-13(15(21)23)18(4,5)6/h13-14H,11-12H2,1-10H3,(H2,21,23)(H2,22,24). The van der Waals surface area contributed by atoms with Crippen molar-refractivity contribution in [2.75, 3.05) is 0 Å². The molecular formula is C20H40N2O2. The Kier molecular flexibility index (Phi) is 6.74. The molecule has 0 aromatic rings. The maximum atomic E-state index is 12.2. The third-order valence-electron chi connectivity index (χ3n) is 5.88. The van der Waals surface area contributed by atoms with Gasteiger partial charge in [0.05, 0.1) is 0 Å². The molecule has 4 heteroatoms. The van der Waals surface area contributed by atoms with Crippen LogP contribution in [0.3, 0.4) is 0 Å². The van der Waals surface area contributed by atoms with E-state index < -0.39 is 0 Å². The first-order valence-electron chi connectivity index (χ1n) is 8.91. The Morgan fingerprint density at radius 2 is 1.08 bits per heavy atom. The van der Waals surface area contributed by atoms with Crippen molar-refractivity contribution < 1.29 is 9.59 Å². The summed E-state index contributed by atoms with van der Waals surface area (Å²) in [5, 5.41) is 0. The third kappa shape index (κ3) is 5.78. The smallest absolute Gasteiger partial charge is 0.221 e. The van der Waals surface area contributed by atoms with Gasteiger partial charge in [0.15, 0.2) is 0 Å². The van der Waals surface area contributed by atoms with Crippen molar-refractivity contribution in [1.29, 1.82) is 0 Å². The fourth-order valence-corrected chi connectivity index (χ4v) is 3.40. The van der Waals surface area contributed by atoms with Crippen molar-refractivity contribution in [2.45, 2.75) is 82.1 Å². The second-order valence-electron chi connectivity index (χ2n) is 10.9. The molecule has 0 aliphatic heterocycles. The Hall–Kier alpha value is -1.06. The van der Waals surface area contributed by atoms with Crippen molar-refractivity contribution in [2.24, 2.45) is 45.0 Å². The molecule has 0 heterocycles. The molecule has 2 unspecified atom stereocenters. The fourth-order valence-electron chi connectivity index (χ4n) is 3.40. The molecule has 0 aliphatic rings. The summed E-state index contributed by atoms with van der Waals surface area (Å²) in [6.45, 7) is 20.9. The SMILES string of the molecule is CC(C)(C)CC(C(N)=O)C(C)(C)C(C)(C)CC(C(N)=O)C(C)(C)C. The van der Waals surface area contributed by atoms with E-state index in [1.807, 2.05) is 20.8 Å². The molecule has 2 atom stereocenters. The summed E-state index contributed by atoms with van der Waals surface area (Å²) in [5.41, 5.74) is 10.6. The lowest BCUT2D eigenvalue weighted by atomic mass is 9.54. The zero-order valence-electron chi connectivity index (χ0n) is 17.5. The summed E-state index contributed by atoms with van der Waals surface area (Å²) < 4.78 is 0. The molecule has 0 saturated carbocycles. The van der Waals surface area contributed by atoms with E-state index in [1.54, 1.807) is 0 Å². The average Bonchev–Trinajstić information content (AvgIpc) is 2.29. The molecule has 24 heavy (non-hydrogen) atoms. The molecule has 0 radical (unpaired) electrons. The van der Waals surface area contributed by atoms with Gasteiger partial charge in [0.2, 0.25) is 11.8 Å². The summed E-state index contributed by atoms with van der Waals surface area (Å²) in [6.07, 6.45) is 1.35. The van der Waals surface area contributed by atoms with Gasteiger partial charge >= 0.3 is 0 Å². The van der Waals surface area contributed by atoms with Gasteiger partial charge in [0.1, 0.15) is 0 Å². The summed E-state index contributed by atoms with van der Waals surface area (Å²) >= 11 is 0. The van der Waals surface area contributed by atoms with Gasteiger partial charge in [-0.05, 0) is 34.5 Å². The van der Waals surface area contributed by atoms with E-state index in [0.717, 1.165) is 6.42 Å². The molecule has 0 aromatic carbocycles. The van der Waals surface area contributed by atoms with Crippen molar-refractivity contribution in [1.82, 2.24) is 0 Å². The van der Waals surface area contributed by atoms with E-state index >= 15 is 0 Å². The van der Waals surface area contributed by atoms with Crippen LogP contribution in [0, 0.1) is 33.5 Å². The molecular weight excluding hydrogens is 300 g/mol. The lowest BCUT2D eigenvalue weighted by Crippen LogP contribution is -2.49. The normalized spacial score (nSPS) is 16.6. The average molecular weight is 341 g/mol. The summed E-state index contributed by atoms with van der Waals surface area (Å²) in [6, 6.07) is 0. The van der Waals surface area contributed by atoms with Crippen LogP contribution in [0.5, 0.6) is 0 Å². The molecule has 0 rings (SSSR count). The van der Waals surface area contributed by atoms with Gasteiger partial charge in [0, 0.05) is 11.8 Å². The molecule has 0 bridgehead atoms. The maximum absolute atomic E-state index is 12.2. The number of carbonyl (C=O) groups excluding carboxylic acids is 2. The Labute approximate surface area is 149 Å². The van der Waals surface area contributed by atoms with Gasteiger partial charge < -0.3 is 11.5 Å². The minimum Gasteiger partial charge on any atom is -0.369 e. The highest BCUT2D eigenvalue weighted by Crippen LogP contribution is 2.52. The Balaban J connectivity index is 5.77. The molecule has 0 aliphatic carbocycles. The van der Waals surface area contributed by atoms with Crippen LogP contribution in [-0.4, -0.2) is 11.8 Å². The highest BCUT2D eigenvalue weighted by molar-refractivity contribution is 5.78. The second kappa shape index (κ2) is 7.05. The van der Waals surface area contributed by atoms with Crippen LogP contribution in [0.2, 0.25) is 0 Å². The number of amides is 2. The van der Waals surface area contributed by atoms with Crippen LogP contribution in [-0.2, 0) is 9.59 Å². The summed E-state index contributed by atoms with van der Waals surface area (Å²) in [4.78, 5) is 24.2. The maximum Gasteiger partial charge on any atom is 0.221 e. The first kappa shape index (κ1) is 22.9. The van der Waals surface area contributed by atoms with E-state index in [-0.39, 0.29) is 45.3 Å². The Morgan fingerprint density at radius 1 is 0.708 bits per heavy atom. The van der Waals surface area contributed by atoms with Gasteiger partial charge in [-0.1, -0.05) is 69.2 Å². The fraction of sp³-hybridized carbons (Fsp3) is 0.900. The Bertz CT molecular complexity index is 465. The van der Waals surface area contributed by atoms with Crippen LogP contribution >= 0.6 is 0 Å². The number of rotatable bonds is 7. The van der Waals surface area contributed by atoms with E-state index in [0.29, 0.717) is 6.42 Å². The lowest BCUT2D eigenvalue weighted by molar-refractivity contribution is -0.134. The highest BCUT2D eigenvalue weighted by Gasteiger charge is 2.49. The van der Waals surface area contributed by atoms with Crippen molar-refractivity contribution in [3.63, 3.8) is 0 Å². The molecule has 142 valence electrons. The molecule has 4 N–H and O–H groups in total. The van der Waals surface area contributed by atoms with Crippen molar-refractivity contribution in [3.8, 4) is 0 Å².